The summed E-state index contributed by atoms with van der Waals surface area (Å²) in [6.45, 7) is 18.4. The van der Waals surface area contributed by atoms with Gasteiger partial charge in [-0.05, 0) is 25.3 Å². The number of piperazine rings is 1. The normalized spacial score (nSPS) is 25.5. The predicted octanol–water partition coefficient (Wildman–Crippen LogP) is 1.32. The molecule has 0 spiro atoms. The van der Waals surface area contributed by atoms with Gasteiger partial charge < -0.3 is 15.1 Å². The summed E-state index contributed by atoms with van der Waals surface area (Å²) in [4.78, 5) is 12.0. The predicted molar refractivity (Wildman–Crippen MR) is 94.5 cm³/mol. The number of nitrogens with one attached hydrogen (secondary N) is 1. The zero-order chi connectivity index (χ0) is 16.2. The van der Waals surface area contributed by atoms with E-state index in [9.17, 15) is 0 Å². The molecule has 5 heteroatoms. The highest BCUT2D eigenvalue weighted by atomic mass is 15.3. The summed E-state index contributed by atoms with van der Waals surface area (Å²) in [5, 5.41) is 3.59. The molecular weight excluding hydrogens is 274 g/mol. The van der Waals surface area contributed by atoms with Crippen LogP contribution >= 0.6 is 0 Å². The maximum Gasteiger partial charge on any atom is 0.193 e. The Labute approximate surface area is 136 Å². The van der Waals surface area contributed by atoms with Gasteiger partial charge in [0.1, 0.15) is 0 Å². The van der Waals surface area contributed by atoms with Crippen LogP contribution in [0.2, 0.25) is 0 Å². The smallest absolute Gasteiger partial charge is 0.193 e. The van der Waals surface area contributed by atoms with Gasteiger partial charge in [-0.1, -0.05) is 20.8 Å². The Morgan fingerprint density at radius 1 is 1.18 bits per heavy atom. The Morgan fingerprint density at radius 3 is 2.36 bits per heavy atom. The topological polar surface area (TPSA) is 34.1 Å². The molecule has 1 N–H and O–H groups in total. The van der Waals surface area contributed by atoms with E-state index in [0.29, 0.717) is 11.5 Å². The molecule has 0 bridgehead atoms. The summed E-state index contributed by atoms with van der Waals surface area (Å²) < 4.78 is 0. The highest BCUT2D eigenvalue weighted by Gasteiger charge is 2.31. The lowest BCUT2D eigenvalue weighted by atomic mass is 9.93. The first kappa shape index (κ1) is 17.5. The van der Waals surface area contributed by atoms with Gasteiger partial charge in [-0.25, -0.2) is 0 Å². The zero-order valence-electron chi connectivity index (χ0n) is 15.2. The molecule has 0 aromatic carbocycles. The second-order valence-electron chi connectivity index (χ2n) is 7.58. The summed E-state index contributed by atoms with van der Waals surface area (Å²) in [6, 6.07) is 0.561. The lowest BCUT2D eigenvalue weighted by Crippen LogP contribution is -2.53. The number of hydrogen-bond acceptors (Lipinski definition) is 3. The molecule has 2 aliphatic rings. The van der Waals surface area contributed by atoms with E-state index in [2.05, 4.69) is 52.7 Å². The monoisotopic (exact) mass is 309 g/mol. The van der Waals surface area contributed by atoms with Crippen molar-refractivity contribution < 1.29 is 0 Å². The molecule has 2 heterocycles. The van der Waals surface area contributed by atoms with Crippen molar-refractivity contribution in [3.63, 3.8) is 0 Å². The van der Waals surface area contributed by atoms with Crippen LogP contribution in [0.4, 0.5) is 0 Å². The van der Waals surface area contributed by atoms with Crippen LogP contribution in [0, 0.1) is 5.41 Å². The third-order valence-corrected chi connectivity index (χ3v) is 5.22. The Balaban J connectivity index is 1.76. The number of nitrogens with zero attached hydrogens (tertiary/aromatic N) is 4. The molecule has 5 nitrogen and oxygen atoms in total. The first-order chi connectivity index (χ1) is 10.4. The average molecular weight is 310 g/mol. The number of likely N-dealkylation sites (tertiary alicyclic amines) is 1. The van der Waals surface area contributed by atoms with Crippen molar-refractivity contribution in [1.29, 1.82) is 0 Å². The minimum absolute atomic E-state index is 0.416. The molecule has 0 aromatic rings. The third kappa shape index (κ3) is 4.59. The van der Waals surface area contributed by atoms with Gasteiger partial charge in [0.15, 0.2) is 5.96 Å². The molecule has 1 atom stereocenters. The number of aliphatic imine (C=N–C) groups is 1. The molecular formula is C17H35N5. The van der Waals surface area contributed by atoms with E-state index in [4.69, 9.17) is 0 Å². The van der Waals surface area contributed by atoms with Gasteiger partial charge in [-0.15, -0.1) is 0 Å². The molecule has 128 valence electrons. The maximum atomic E-state index is 4.48. The molecule has 2 fully saturated rings. The summed E-state index contributed by atoms with van der Waals surface area (Å²) in [5.74, 6) is 1.07. The Bertz CT molecular complexity index is 371. The zero-order valence-corrected chi connectivity index (χ0v) is 15.2. The number of likely N-dealkylation sites (N-methyl/N-ethyl adjacent to an activating group) is 1. The number of guanidine groups is 1. The van der Waals surface area contributed by atoms with Crippen LogP contribution < -0.4 is 5.32 Å². The fourth-order valence-corrected chi connectivity index (χ4v) is 3.51. The molecule has 2 aliphatic heterocycles. The second kappa shape index (κ2) is 7.64. The second-order valence-corrected chi connectivity index (χ2v) is 7.58. The summed E-state index contributed by atoms with van der Waals surface area (Å²) in [6.07, 6.45) is 1.25. The third-order valence-electron chi connectivity index (χ3n) is 5.22. The molecule has 0 amide bonds. The van der Waals surface area contributed by atoms with Gasteiger partial charge in [-0.3, -0.25) is 9.89 Å². The van der Waals surface area contributed by atoms with Gasteiger partial charge in [0, 0.05) is 58.9 Å². The first-order valence-electron chi connectivity index (χ1n) is 8.87. The van der Waals surface area contributed by atoms with Crippen LogP contribution in [0.25, 0.3) is 0 Å². The lowest BCUT2D eigenvalue weighted by molar-refractivity contribution is 0.107. The van der Waals surface area contributed by atoms with Crippen molar-refractivity contribution >= 4 is 5.96 Å². The van der Waals surface area contributed by atoms with Gasteiger partial charge in [0.2, 0.25) is 0 Å². The Hall–Kier alpha value is -0.810. The Kier molecular flexibility index (Phi) is 6.09. The van der Waals surface area contributed by atoms with Crippen molar-refractivity contribution in [3.05, 3.63) is 0 Å². The molecule has 0 aliphatic carbocycles. The van der Waals surface area contributed by atoms with Crippen molar-refractivity contribution in [1.82, 2.24) is 20.0 Å². The summed E-state index contributed by atoms with van der Waals surface area (Å²) in [5.41, 5.74) is 0.416. The maximum absolute atomic E-state index is 4.48. The van der Waals surface area contributed by atoms with Crippen molar-refractivity contribution in [2.24, 2.45) is 10.4 Å². The van der Waals surface area contributed by atoms with Gasteiger partial charge >= 0.3 is 0 Å². The molecule has 2 saturated heterocycles. The quantitative estimate of drug-likeness (QED) is 0.627. The fourth-order valence-electron chi connectivity index (χ4n) is 3.51. The van der Waals surface area contributed by atoms with Crippen LogP contribution in [0.15, 0.2) is 4.99 Å². The first-order valence-corrected chi connectivity index (χ1v) is 8.87. The minimum Gasteiger partial charge on any atom is -0.355 e. The van der Waals surface area contributed by atoms with Crippen LogP contribution in [0.5, 0.6) is 0 Å². The SMILES string of the molecule is CCN1CCN(C(C)CNC(=NC)N2CCC(C)(C)C2)CC1. The highest BCUT2D eigenvalue weighted by Crippen LogP contribution is 2.28. The molecule has 0 saturated carbocycles. The van der Waals surface area contributed by atoms with E-state index >= 15 is 0 Å². The fraction of sp³-hybridized carbons (Fsp3) is 0.941. The summed E-state index contributed by atoms with van der Waals surface area (Å²) in [7, 11) is 1.90. The molecule has 0 radical (unpaired) electrons. The lowest BCUT2D eigenvalue weighted by Gasteiger charge is -2.38. The van der Waals surface area contributed by atoms with Crippen molar-refractivity contribution in [2.75, 3.05) is 59.4 Å². The van der Waals surface area contributed by atoms with Crippen LogP contribution in [0.3, 0.4) is 0 Å². The van der Waals surface area contributed by atoms with E-state index in [1.165, 1.54) is 39.1 Å². The molecule has 22 heavy (non-hydrogen) atoms. The molecule has 1 unspecified atom stereocenters. The van der Waals surface area contributed by atoms with E-state index in [-0.39, 0.29) is 0 Å². The molecule has 2 rings (SSSR count). The largest absolute Gasteiger partial charge is 0.355 e. The van der Waals surface area contributed by atoms with Gasteiger partial charge in [0.25, 0.3) is 0 Å². The van der Waals surface area contributed by atoms with Gasteiger partial charge in [0.05, 0.1) is 0 Å². The van der Waals surface area contributed by atoms with Crippen LogP contribution in [-0.2, 0) is 0 Å². The van der Waals surface area contributed by atoms with Crippen LogP contribution in [-0.4, -0.2) is 86.1 Å². The minimum atomic E-state index is 0.416. The summed E-state index contributed by atoms with van der Waals surface area (Å²) >= 11 is 0. The van der Waals surface area contributed by atoms with E-state index in [0.717, 1.165) is 25.6 Å². The number of hydrogen-bond donors (Lipinski definition) is 1. The van der Waals surface area contributed by atoms with Gasteiger partial charge in [-0.2, -0.15) is 0 Å². The van der Waals surface area contributed by atoms with Crippen molar-refractivity contribution in [3.8, 4) is 0 Å². The highest BCUT2D eigenvalue weighted by molar-refractivity contribution is 5.80. The molecule has 0 aromatic heterocycles. The van der Waals surface area contributed by atoms with Crippen molar-refractivity contribution in [2.45, 2.75) is 40.2 Å². The Morgan fingerprint density at radius 2 is 1.86 bits per heavy atom. The van der Waals surface area contributed by atoms with E-state index < -0.39 is 0 Å². The number of rotatable bonds is 4. The van der Waals surface area contributed by atoms with E-state index in [1.54, 1.807) is 0 Å². The van der Waals surface area contributed by atoms with E-state index in [1.807, 2.05) is 7.05 Å². The standard InChI is InChI=1S/C17H35N5/c1-6-20-9-11-21(12-10-20)15(2)13-19-16(18-5)22-8-7-17(3,4)14-22/h15H,6-14H2,1-5H3,(H,18,19). The average Bonchev–Trinajstić information content (AvgIpc) is 2.88. The van der Waals surface area contributed by atoms with Crippen LogP contribution in [0.1, 0.15) is 34.1 Å².